The maximum absolute atomic E-state index is 11.8. The highest BCUT2D eigenvalue weighted by molar-refractivity contribution is 5.87. The zero-order valence-electron chi connectivity index (χ0n) is 11.1. The highest BCUT2D eigenvalue weighted by Crippen LogP contribution is 2.41. The topological polar surface area (TPSA) is 66.4 Å². The van der Waals surface area contributed by atoms with E-state index in [1.54, 1.807) is 0 Å². The Hall–Kier alpha value is -1.84. The number of hydrogen-bond donors (Lipinski definition) is 2. The van der Waals surface area contributed by atoms with Gasteiger partial charge in [-0.3, -0.25) is 4.79 Å². The van der Waals surface area contributed by atoms with Crippen LogP contribution in [0.15, 0.2) is 30.3 Å². The number of hydrogen-bond acceptors (Lipinski definition) is 2. The molecule has 0 aromatic heterocycles. The molecule has 1 aliphatic rings. The summed E-state index contributed by atoms with van der Waals surface area (Å²) >= 11 is 0. The fraction of sp³-hybridized carbons (Fsp3) is 0.467. The molecule has 0 heterocycles. The maximum Gasteiger partial charge on any atom is 0.330 e. The van der Waals surface area contributed by atoms with Gasteiger partial charge in [0.05, 0.1) is 0 Å². The summed E-state index contributed by atoms with van der Waals surface area (Å²) in [6.07, 6.45) is 3.10. The Morgan fingerprint density at radius 1 is 1.26 bits per heavy atom. The van der Waals surface area contributed by atoms with Crippen molar-refractivity contribution in [2.75, 3.05) is 0 Å². The minimum Gasteiger partial charge on any atom is -0.479 e. The first-order chi connectivity index (χ1) is 9.06. The highest BCUT2D eigenvalue weighted by atomic mass is 16.4. The number of aliphatic carboxylic acids is 1. The number of nitrogens with one attached hydrogen (secondary N) is 1. The van der Waals surface area contributed by atoms with E-state index in [0.717, 1.165) is 24.8 Å². The largest absolute Gasteiger partial charge is 0.479 e. The van der Waals surface area contributed by atoms with Crippen molar-refractivity contribution in [2.45, 2.75) is 44.1 Å². The van der Waals surface area contributed by atoms with Crippen LogP contribution in [0.5, 0.6) is 0 Å². The Morgan fingerprint density at radius 2 is 1.95 bits per heavy atom. The molecule has 1 fully saturated rings. The van der Waals surface area contributed by atoms with Gasteiger partial charge >= 0.3 is 5.97 Å². The van der Waals surface area contributed by atoms with Gasteiger partial charge in [-0.1, -0.05) is 43.2 Å². The van der Waals surface area contributed by atoms with Crippen LogP contribution >= 0.6 is 0 Å². The molecule has 1 amide bonds. The van der Waals surface area contributed by atoms with Gasteiger partial charge < -0.3 is 10.4 Å². The Kier molecular flexibility index (Phi) is 3.88. The summed E-state index contributed by atoms with van der Waals surface area (Å²) in [5.41, 5.74) is -0.177. The molecule has 0 spiro atoms. The summed E-state index contributed by atoms with van der Waals surface area (Å²) in [4.78, 5) is 23.2. The van der Waals surface area contributed by atoms with Crippen molar-refractivity contribution in [3.05, 3.63) is 35.9 Å². The Morgan fingerprint density at radius 3 is 2.53 bits per heavy atom. The van der Waals surface area contributed by atoms with Crippen molar-refractivity contribution in [2.24, 2.45) is 0 Å². The fourth-order valence-corrected chi connectivity index (χ4v) is 3.08. The van der Waals surface area contributed by atoms with E-state index in [0.29, 0.717) is 6.42 Å². The van der Waals surface area contributed by atoms with Crippen LogP contribution in [0.4, 0.5) is 0 Å². The monoisotopic (exact) mass is 261 g/mol. The first-order valence-electron chi connectivity index (χ1n) is 6.63. The van der Waals surface area contributed by atoms with Crippen molar-refractivity contribution < 1.29 is 14.7 Å². The van der Waals surface area contributed by atoms with E-state index >= 15 is 0 Å². The van der Waals surface area contributed by atoms with E-state index in [1.165, 1.54) is 6.92 Å². The molecule has 1 aliphatic carbocycles. The SMILES string of the molecule is CC(=O)N[C@@]1(C(=O)O)CCCC[C@@H]1c1ccccc1. The molecule has 2 atom stereocenters. The molecule has 0 radical (unpaired) electrons. The number of carboxylic acids is 1. The van der Waals surface area contributed by atoms with E-state index in [4.69, 9.17) is 0 Å². The van der Waals surface area contributed by atoms with E-state index in [-0.39, 0.29) is 11.8 Å². The minimum absolute atomic E-state index is 0.163. The van der Waals surface area contributed by atoms with Crippen molar-refractivity contribution in [1.82, 2.24) is 5.32 Å². The minimum atomic E-state index is -1.16. The molecule has 1 aromatic rings. The number of amides is 1. The van der Waals surface area contributed by atoms with Gasteiger partial charge in [-0.25, -0.2) is 4.79 Å². The highest BCUT2D eigenvalue weighted by Gasteiger charge is 2.48. The Bertz CT molecular complexity index is 472. The molecule has 102 valence electrons. The van der Waals surface area contributed by atoms with Gasteiger partial charge in [0.2, 0.25) is 5.91 Å². The van der Waals surface area contributed by atoms with Crippen molar-refractivity contribution in [3.63, 3.8) is 0 Å². The zero-order chi connectivity index (χ0) is 13.9. The van der Waals surface area contributed by atoms with Gasteiger partial charge in [-0.05, 0) is 18.4 Å². The van der Waals surface area contributed by atoms with Crippen LogP contribution in [0, 0.1) is 0 Å². The van der Waals surface area contributed by atoms with Gasteiger partial charge in [0.1, 0.15) is 5.54 Å². The molecule has 4 heteroatoms. The predicted molar refractivity (Wildman–Crippen MR) is 71.8 cm³/mol. The molecule has 0 saturated heterocycles. The quantitative estimate of drug-likeness (QED) is 0.877. The van der Waals surface area contributed by atoms with Gasteiger partial charge in [-0.2, -0.15) is 0 Å². The fourth-order valence-electron chi connectivity index (χ4n) is 3.08. The first-order valence-corrected chi connectivity index (χ1v) is 6.63. The summed E-state index contributed by atoms with van der Waals surface area (Å²) in [6.45, 7) is 1.38. The van der Waals surface area contributed by atoms with Gasteiger partial charge in [0.25, 0.3) is 0 Å². The average molecular weight is 261 g/mol. The molecule has 0 unspecified atom stereocenters. The van der Waals surface area contributed by atoms with Crippen molar-refractivity contribution in [3.8, 4) is 0 Å². The summed E-state index contributed by atoms with van der Waals surface area (Å²) in [5, 5.41) is 12.4. The molecular weight excluding hydrogens is 242 g/mol. The smallest absolute Gasteiger partial charge is 0.330 e. The summed E-state index contributed by atoms with van der Waals surface area (Å²) < 4.78 is 0. The van der Waals surface area contributed by atoms with Crippen LogP contribution in [0.1, 0.15) is 44.1 Å². The molecule has 2 rings (SSSR count). The molecule has 4 nitrogen and oxygen atoms in total. The number of carboxylic acid groups (broad SMARTS) is 1. The zero-order valence-corrected chi connectivity index (χ0v) is 11.1. The first kappa shape index (κ1) is 13.6. The molecule has 0 bridgehead atoms. The summed E-state index contributed by atoms with van der Waals surface area (Å²) in [6, 6.07) is 9.60. The van der Waals surface area contributed by atoms with Crippen LogP contribution in [-0.2, 0) is 9.59 Å². The van der Waals surface area contributed by atoms with E-state index in [1.807, 2.05) is 30.3 Å². The van der Waals surface area contributed by atoms with Crippen molar-refractivity contribution in [1.29, 1.82) is 0 Å². The third kappa shape index (κ3) is 2.62. The second-order valence-corrected chi connectivity index (χ2v) is 5.17. The Labute approximate surface area is 112 Å². The lowest BCUT2D eigenvalue weighted by atomic mass is 9.69. The number of carbonyl (C=O) groups excluding carboxylic acids is 1. The molecule has 0 aliphatic heterocycles. The molecule has 19 heavy (non-hydrogen) atoms. The van der Waals surface area contributed by atoms with Crippen LogP contribution in [0.3, 0.4) is 0 Å². The lowest BCUT2D eigenvalue weighted by Crippen LogP contribution is -2.59. The lowest BCUT2D eigenvalue weighted by Gasteiger charge is -2.41. The standard InChI is InChI=1S/C15H19NO3/c1-11(17)16-15(14(18)19)10-6-5-9-13(15)12-7-3-2-4-8-12/h2-4,7-8,13H,5-6,9-10H2,1H3,(H,16,17)(H,18,19)/t13-,15+/m1/s1. The summed E-state index contributed by atoms with van der Waals surface area (Å²) in [7, 11) is 0. The number of carbonyl (C=O) groups is 2. The normalized spacial score (nSPS) is 26.7. The molecular formula is C15H19NO3. The van der Waals surface area contributed by atoms with Crippen LogP contribution < -0.4 is 5.32 Å². The average Bonchev–Trinajstić information content (AvgIpc) is 2.39. The van der Waals surface area contributed by atoms with Crippen molar-refractivity contribution >= 4 is 11.9 Å². The van der Waals surface area contributed by atoms with E-state index < -0.39 is 11.5 Å². The lowest BCUT2D eigenvalue weighted by molar-refractivity contribution is -0.150. The molecule has 1 aromatic carbocycles. The Balaban J connectivity index is 2.42. The van der Waals surface area contributed by atoms with Crippen LogP contribution in [0.2, 0.25) is 0 Å². The van der Waals surface area contributed by atoms with Crippen LogP contribution in [-0.4, -0.2) is 22.5 Å². The number of rotatable bonds is 3. The summed E-state index contributed by atoms with van der Waals surface area (Å²) in [5.74, 6) is -1.38. The number of benzene rings is 1. The molecule has 1 saturated carbocycles. The van der Waals surface area contributed by atoms with E-state index in [2.05, 4.69) is 5.32 Å². The van der Waals surface area contributed by atoms with E-state index in [9.17, 15) is 14.7 Å². The third-order valence-electron chi connectivity index (χ3n) is 3.89. The van der Waals surface area contributed by atoms with Gasteiger partial charge in [-0.15, -0.1) is 0 Å². The van der Waals surface area contributed by atoms with Gasteiger partial charge in [0.15, 0.2) is 0 Å². The van der Waals surface area contributed by atoms with Crippen LogP contribution in [0.25, 0.3) is 0 Å². The molecule has 2 N–H and O–H groups in total. The maximum atomic E-state index is 11.8. The third-order valence-corrected chi connectivity index (χ3v) is 3.89. The van der Waals surface area contributed by atoms with Gasteiger partial charge in [0, 0.05) is 12.8 Å². The second kappa shape index (κ2) is 5.43. The predicted octanol–water partition coefficient (Wildman–Crippen LogP) is 2.30. The second-order valence-electron chi connectivity index (χ2n) is 5.17.